The molecule has 0 amide bonds. The molecule has 0 saturated carbocycles. The molecule has 2 aromatic rings. The number of Topliss-reactive ketones (excluding diaryl/α,β-unsaturated/α-hetero) is 1. The van der Waals surface area contributed by atoms with Gasteiger partial charge in [0.05, 0.1) is 5.41 Å². The van der Waals surface area contributed by atoms with Crippen molar-refractivity contribution in [3.8, 4) is 0 Å². The minimum Gasteiger partial charge on any atom is -0.309 e. The van der Waals surface area contributed by atoms with E-state index in [9.17, 15) is 4.79 Å². The molecule has 1 unspecified atom stereocenters. The monoisotopic (exact) mass is 348 g/mol. The largest absolute Gasteiger partial charge is 0.309 e. The van der Waals surface area contributed by atoms with Gasteiger partial charge in [-0.15, -0.1) is 12.4 Å². The number of halogens is 1. The third-order valence-corrected chi connectivity index (χ3v) is 4.44. The predicted octanol–water partition coefficient (Wildman–Crippen LogP) is 4.57. The lowest BCUT2D eigenvalue weighted by Gasteiger charge is -2.40. The standard InChI is InChI=1S/C21H27NO.ClH/c1-5-20(23)21(17(2)16-22(3)4,18-12-8-6-9-13-18)19-14-10-7-11-15-19;/h6-15,17H,5,16H2,1-4H3;1H/i1D3;. The molecule has 0 spiro atoms. The van der Waals surface area contributed by atoms with Crippen LogP contribution in [0.1, 0.15) is 35.4 Å². The average molecular weight is 349 g/mol. The lowest BCUT2D eigenvalue weighted by Crippen LogP contribution is -2.46. The van der Waals surface area contributed by atoms with Crippen LogP contribution in [-0.2, 0) is 10.2 Å². The maximum atomic E-state index is 13.5. The van der Waals surface area contributed by atoms with Crippen LogP contribution >= 0.6 is 12.4 Å². The van der Waals surface area contributed by atoms with E-state index in [0.717, 1.165) is 11.1 Å². The van der Waals surface area contributed by atoms with Crippen molar-refractivity contribution >= 4 is 18.2 Å². The lowest BCUT2D eigenvalue weighted by molar-refractivity contribution is -0.124. The van der Waals surface area contributed by atoms with Crippen LogP contribution in [-0.4, -0.2) is 31.3 Å². The van der Waals surface area contributed by atoms with Gasteiger partial charge >= 0.3 is 0 Å². The highest BCUT2D eigenvalue weighted by atomic mass is 35.5. The molecule has 0 aliphatic rings. The van der Waals surface area contributed by atoms with E-state index in [0.29, 0.717) is 6.54 Å². The van der Waals surface area contributed by atoms with Crippen molar-refractivity contribution in [3.63, 3.8) is 0 Å². The first-order valence-corrected chi connectivity index (χ1v) is 7.97. The van der Waals surface area contributed by atoms with Gasteiger partial charge in [-0.1, -0.05) is 74.4 Å². The first-order chi connectivity index (χ1) is 12.2. The average Bonchev–Trinajstić information content (AvgIpc) is 2.55. The second-order valence-corrected chi connectivity index (χ2v) is 6.30. The fourth-order valence-electron chi connectivity index (χ4n) is 3.56. The van der Waals surface area contributed by atoms with Crippen molar-refractivity contribution < 1.29 is 8.91 Å². The summed E-state index contributed by atoms with van der Waals surface area (Å²) in [7, 11) is 3.93. The molecule has 0 saturated heterocycles. The molecule has 0 aliphatic heterocycles. The number of hydrogen-bond acceptors (Lipinski definition) is 2. The normalized spacial score (nSPS) is 14.9. The maximum Gasteiger partial charge on any atom is 0.147 e. The van der Waals surface area contributed by atoms with Crippen molar-refractivity contribution in [1.29, 1.82) is 0 Å². The van der Waals surface area contributed by atoms with Crippen molar-refractivity contribution in [1.82, 2.24) is 4.90 Å². The summed E-state index contributed by atoms with van der Waals surface area (Å²) in [5.41, 5.74) is 0.686. The van der Waals surface area contributed by atoms with Crippen molar-refractivity contribution in [3.05, 3.63) is 71.8 Å². The van der Waals surface area contributed by atoms with E-state index >= 15 is 0 Å². The number of hydrogen-bond donors (Lipinski definition) is 0. The topological polar surface area (TPSA) is 20.3 Å². The van der Waals surface area contributed by atoms with Gasteiger partial charge in [-0.25, -0.2) is 0 Å². The van der Waals surface area contributed by atoms with E-state index < -0.39 is 18.7 Å². The fourth-order valence-corrected chi connectivity index (χ4v) is 3.56. The first-order valence-electron chi connectivity index (χ1n) is 9.47. The number of nitrogens with zero attached hydrogens (tertiary/aromatic N) is 1. The van der Waals surface area contributed by atoms with Gasteiger partial charge in [0.15, 0.2) is 0 Å². The quantitative estimate of drug-likeness (QED) is 0.730. The van der Waals surface area contributed by atoms with Crippen molar-refractivity contribution in [2.24, 2.45) is 5.92 Å². The molecule has 0 heterocycles. The Hall–Kier alpha value is -1.64. The van der Waals surface area contributed by atoms with Crippen LogP contribution in [0.5, 0.6) is 0 Å². The second-order valence-electron chi connectivity index (χ2n) is 6.30. The molecular weight excluding hydrogens is 318 g/mol. The number of benzene rings is 2. The molecular formula is C21H28ClNO. The van der Waals surface area contributed by atoms with E-state index in [1.807, 2.05) is 86.6 Å². The molecule has 0 radical (unpaired) electrons. The van der Waals surface area contributed by atoms with E-state index in [2.05, 4.69) is 0 Å². The Morgan fingerprint density at radius 2 is 1.50 bits per heavy atom. The zero-order chi connectivity index (χ0) is 19.4. The van der Waals surface area contributed by atoms with Crippen LogP contribution in [0.4, 0.5) is 0 Å². The Morgan fingerprint density at radius 1 is 1.04 bits per heavy atom. The molecule has 1 atom stereocenters. The minimum absolute atomic E-state index is 0. The highest BCUT2D eigenvalue weighted by Gasteiger charge is 2.45. The molecule has 2 nitrogen and oxygen atoms in total. The Balaban J connectivity index is 0.00000364. The highest BCUT2D eigenvalue weighted by molar-refractivity contribution is 5.94. The molecule has 0 N–H and O–H groups in total. The fraction of sp³-hybridized carbons (Fsp3) is 0.381. The first kappa shape index (κ1) is 15.9. The summed E-state index contributed by atoms with van der Waals surface area (Å²) in [6.45, 7) is 0.387. The number of carbonyl (C=O) groups is 1. The zero-order valence-electron chi connectivity index (χ0n) is 17.5. The van der Waals surface area contributed by atoms with Crippen LogP contribution in [0.2, 0.25) is 0 Å². The molecule has 0 aromatic heterocycles. The van der Waals surface area contributed by atoms with Gasteiger partial charge in [-0.2, -0.15) is 0 Å². The smallest absolute Gasteiger partial charge is 0.147 e. The molecule has 2 aromatic carbocycles. The van der Waals surface area contributed by atoms with Crippen LogP contribution in [0.3, 0.4) is 0 Å². The van der Waals surface area contributed by atoms with Crippen LogP contribution in [0.25, 0.3) is 0 Å². The number of rotatable bonds is 7. The summed E-state index contributed by atoms with van der Waals surface area (Å²) in [5.74, 6) is -0.360. The van der Waals surface area contributed by atoms with Gasteiger partial charge in [-0.05, 0) is 31.1 Å². The summed E-state index contributed by atoms with van der Waals surface area (Å²) < 4.78 is 23.0. The molecule has 0 bridgehead atoms. The molecule has 24 heavy (non-hydrogen) atoms. The van der Waals surface area contributed by atoms with Gasteiger partial charge in [0, 0.05) is 17.1 Å². The zero-order valence-corrected chi connectivity index (χ0v) is 15.3. The van der Waals surface area contributed by atoms with Gasteiger partial charge in [0.25, 0.3) is 0 Å². The third-order valence-electron chi connectivity index (χ3n) is 4.44. The van der Waals surface area contributed by atoms with Crippen LogP contribution in [0, 0.1) is 5.92 Å². The highest BCUT2D eigenvalue weighted by Crippen LogP contribution is 2.41. The number of ketones is 1. The molecule has 130 valence electrons. The molecule has 0 fully saturated rings. The van der Waals surface area contributed by atoms with Crippen molar-refractivity contribution in [2.75, 3.05) is 20.6 Å². The van der Waals surface area contributed by atoms with Gasteiger partial charge < -0.3 is 4.90 Å². The predicted molar refractivity (Wildman–Crippen MR) is 104 cm³/mol. The van der Waals surface area contributed by atoms with Gasteiger partial charge in [0.1, 0.15) is 5.78 Å². The Labute approximate surface area is 156 Å². The SMILES string of the molecule is Cl.[2H]C([2H])([2H])CC(=O)C(c1ccccc1)(c1ccccc1)C(C)CN(C)C. The van der Waals surface area contributed by atoms with E-state index in [1.165, 1.54) is 0 Å². The van der Waals surface area contributed by atoms with Crippen molar-refractivity contribution in [2.45, 2.75) is 25.6 Å². The number of carbonyl (C=O) groups excluding carboxylic acids is 1. The van der Waals surface area contributed by atoms with E-state index in [1.54, 1.807) is 0 Å². The maximum absolute atomic E-state index is 13.5. The summed E-state index contributed by atoms with van der Waals surface area (Å²) in [4.78, 5) is 15.6. The Morgan fingerprint density at radius 3 is 1.88 bits per heavy atom. The summed E-state index contributed by atoms with van der Waals surface area (Å²) in [6, 6.07) is 19.1. The van der Waals surface area contributed by atoms with Crippen LogP contribution in [0.15, 0.2) is 60.7 Å². The minimum atomic E-state index is -2.30. The van der Waals surface area contributed by atoms with Crippen LogP contribution < -0.4 is 0 Å². The molecule has 3 heteroatoms. The second kappa shape index (κ2) is 9.00. The lowest BCUT2D eigenvalue weighted by atomic mass is 9.63. The summed E-state index contributed by atoms with van der Waals surface area (Å²) >= 11 is 0. The third kappa shape index (κ3) is 3.88. The van der Waals surface area contributed by atoms with E-state index in [4.69, 9.17) is 4.11 Å². The summed E-state index contributed by atoms with van der Waals surface area (Å²) in [5, 5.41) is 0. The Kier molecular flexibility index (Phi) is 5.95. The van der Waals surface area contributed by atoms with E-state index in [-0.39, 0.29) is 24.1 Å². The summed E-state index contributed by atoms with van der Waals surface area (Å²) in [6.07, 6.45) is -0.450. The molecule has 0 aliphatic carbocycles. The van der Waals surface area contributed by atoms with Gasteiger partial charge in [0.2, 0.25) is 0 Å². The molecule has 2 rings (SSSR count). The van der Waals surface area contributed by atoms with Gasteiger partial charge in [-0.3, -0.25) is 4.79 Å². The Bertz CT molecular complexity index is 678.